The first-order valence-corrected chi connectivity index (χ1v) is 6.49. The second-order valence-corrected chi connectivity index (χ2v) is 5.10. The van der Waals surface area contributed by atoms with Gasteiger partial charge in [-0.2, -0.15) is 0 Å². The third kappa shape index (κ3) is 3.08. The largest absolute Gasteiger partial charge is 0.455 e. The number of ether oxygens (including phenoxy) is 1. The molecule has 1 heterocycles. The van der Waals surface area contributed by atoms with Gasteiger partial charge < -0.3 is 10.5 Å². The van der Waals surface area contributed by atoms with Gasteiger partial charge in [-0.25, -0.2) is 14.2 Å². The Morgan fingerprint density at radius 3 is 2.84 bits per heavy atom. The predicted molar refractivity (Wildman–Crippen MR) is 71.5 cm³/mol. The molecule has 19 heavy (non-hydrogen) atoms. The van der Waals surface area contributed by atoms with Gasteiger partial charge in [0, 0.05) is 16.8 Å². The quantitative estimate of drug-likeness (QED) is 0.693. The van der Waals surface area contributed by atoms with Gasteiger partial charge in [-0.1, -0.05) is 0 Å². The Bertz CT molecular complexity index is 625. The van der Waals surface area contributed by atoms with E-state index in [1.165, 1.54) is 23.5 Å². The summed E-state index contributed by atoms with van der Waals surface area (Å²) < 4.78 is 18.8. The number of aryl methyl sites for hydroxylation is 2. The molecule has 1 aromatic carbocycles. The van der Waals surface area contributed by atoms with Crippen molar-refractivity contribution in [3.8, 4) is 0 Å². The highest BCUT2D eigenvalue weighted by atomic mass is 32.1. The van der Waals surface area contributed by atoms with Gasteiger partial charge in [0.15, 0.2) is 0 Å². The number of nitrogens with two attached hydrogens (primary N) is 1. The standard InChI is InChI=1S/C13H13FN2O2S/c1-7-3-9(15)4-10(12(7)14)13(17)18-5-11-16-8(2)6-19-11/h3-4,6H,5,15H2,1-2H3. The lowest BCUT2D eigenvalue weighted by atomic mass is 10.1. The molecule has 0 aliphatic carbocycles. The molecule has 0 spiro atoms. The zero-order valence-corrected chi connectivity index (χ0v) is 11.4. The zero-order valence-electron chi connectivity index (χ0n) is 10.6. The highest BCUT2D eigenvalue weighted by molar-refractivity contribution is 7.09. The van der Waals surface area contributed by atoms with Crippen LogP contribution in [-0.4, -0.2) is 11.0 Å². The number of halogens is 1. The number of anilines is 1. The average Bonchev–Trinajstić information content (AvgIpc) is 2.76. The smallest absolute Gasteiger partial charge is 0.341 e. The molecule has 0 atom stereocenters. The van der Waals surface area contributed by atoms with Crippen molar-refractivity contribution in [3.63, 3.8) is 0 Å². The maximum absolute atomic E-state index is 13.8. The minimum absolute atomic E-state index is 0.0324. The first-order chi connectivity index (χ1) is 8.97. The number of aromatic nitrogens is 1. The second-order valence-electron chi connectivity index (χ2n) is 4.16. The van der Waals surface area contributed by atoms with Gasteiger partial charge in [0.05, 0.1) is 5.56 Å². The van der Waals surface area contributed by atoms with Crippen molar-refractivity contribution in [1.29, 1.82) is 0 Å². The molecule has 0 aliphatic rings. The lowest BCUT2D eigenvalue weighted by Crippen LogP contribution is -2.09. The van der Waals surface area contributed by atoms with Crippen LogP contribution < -0.4 is 5.73 Å². The SMILES string of the molecule is Cc1csc(COC(=O)c2cc(N)cc(C)c2F)n1. The fourth-order valence-corrected chi connectivity index (χ4v) is 2.30. The van der Waals surface area contributed by atoms with Crippen LogP contribution in [0.3, 0.4) is 0 Å². The first-order valence-electron chi connectivity index (χ1n) is 5.61. The molecule has 0 aliphatic heterocycles. The number of nitrogens with zero attached hydrogens (tertiary/aromatic N) is 1. The summed E-state index contributed by atoms with van der Waals surface area (Å²) in [4.78, 5) is 16.0. The minimum atomic E-state index is -0.735. The molecule has 1 aromatic heterocycles. The van der Waals surface area contributed by atoms with Gasteiger partial charge in [0.2, 0.25) is 0 Å². The molecule has 0 fully saturated rings. The maximum Gasteiger partial charge on any atom is 0.341 e. The van der Waals surface area contributed by atoms with Crippen LogP contribution in [0.1, 0.15) is 26.6 Å². The van der Waals surface area contributed by atoms with Gasteiger partial charge in [-0.15, -0.1) is 11.3 Å². The zero-order chi connectivity index (χ0) is 14.0. The van der Waals surface area contributed by atoms with E-state index in [4.69, 9.17) is 10.5 Å². The van der Waals surface area contributed by atoms with Gasteiger partial charge in [0.1, 0.15) is 17.4 Å². The van der Waals surface area contributed by atoms with Crippen LogP contribution in [0.4, 0.5) is 10.1 Å². The lowest BCUT2D eigenvalue weighted by Gasteiger charge is -2.07. The minimum Gasteiger partial charge on any atom is -0.455 e. The summed E-state index contributed by atoms with van der Waals surface area (Å²) in [5.41, 5.74) is 6.95. The topological polar surface area (TPSA) is 65.2 Å². The van der Waals surface area contributed by atoms with Gasteiger partial charge in [-0.05, 0) is 31.5 Å². The van der Waals surface area contributed by atoms with Gasteiger partial charge >= 0.3 is 5.97 Å². The number of nitrogen functional groups attached to an aromatic ring is 1. The summed E-state index contributed by atoms with van der Waals surface area (Å²) in [6.07, 6.45) is 0. The molecular weight excluding hydrogens is 267 g/mol. The molecule has 0 bridgehead atoms. The second kappa shape index (κ2) is 5.36. The fraction of sp³-hybridized carbons (Fsp3) is 0.231. The van der Waals surface area contributed by atoms with Crippen molar-refractivity contribution in [3.05, 3.63) is 45.2 Å². The Balaban J connectivity index is 2.12. The molecule has 0 saturated heterocycles. The summed E-state index contributed by atoms with van der Waals surface area (Å²) in [6.45, 7) is 3.43. The number of esters is 1. The number of benzene rings is 1. The summed E-state index contributed by atoms with van der Waals surface area (Å²) in [5.74, 6) is -1.34. The molecule has 2 N–H and O–H groups in total. The van der Waals surface area contributed by atoms with Crippen molar-refractivity contribution in [2.45, 2.75) is 20.5 Å². The number of thiazole rings is 1. The molecule has 4 nitrogen and oxygen atoms in total. The van der Waals surface area contributed by atoms with E-state index in [-0.39, 0.29) is 12.2 Å². The highest BCUT2D eigenvalue weighted by Gasteiger charge is 2.16. The van der Waals surface area contributed by atoms with E-state index >= 15 is 0 Å². The number of hydrogen-bond acceptors (Lipinski definition) is 5. The fourth-order valence-electron chi connectivity index (χ4n) is 1.62. The number of carbonyl (C=O) groups is 1. The van der Waals surface area contributed by atoms with E-state index in [1.807, 2.05) is 12.3 Å². The molecule has 0 saturated carbocycles. The monoisotopic (exact) mass is 280 g/mol. The third-order valence-corrected chi connectivity index (χ3v) is 3.43. The van der Waals surface area contributed by atoms with E-state index in [1.54, 1.807) is 6.92 Å². The Morgan fingerprint density at radius 1 is 1.47 bits per heavy atom. The van der Waals surface area contributed by atoms with Gasteiger partial charge in [-0.3, -0.25) is 0 Å². The van der Waals surface area contributed by atoms with Crippen molar-refractivity contribution in [2.24, 2.45) is 0 Å². The molecule has 2 rings (SSSR count). The number of hydrogen-bond donors (Lipinski definition) is 1. The van der Waals surface area contributed by atoms with Crippen molar-refractivity contribution < 1.29 is 13.9 Å². The van der Waals surface area contributed by atoms with E-state index in [9.17, 15) is 9.18 Å². The van der Waals surface area contributed by atoms with E-state index in [0.29, 0.717) is 16.3 Å². The van der Waals surface area contributed by atoms with Crippen molar-refractivity contribution in [1.82, 2.24) is 4.98 Å². The van der Waals surface area contributed by atoms with E-state index in [2.05, 4.69) is 4.98 Å². The molecule has 6 heteroatoms. The molecule has 100 valence electrons. The highest BCUT2D eigenvalue weighted by Crippen LogP contribution is 2.19. The number of carbonyl (C=O) groups excluding carboxylic acids is 1. The van der Waals surface area contributed by atoms with Crippen molar-refractivity contribution >= 4 is 23.0 Å². The Morgan fingerprint density at radius 2 is 2.21 bits per heavy atom. The molecule has 0 radical (unpaired) electrons. The predicted octanol–water partition coefficient (Wildman–Crippen LogP) is 2.84. The normalized spacial score (nSPS) is 10.5. The van der Waals surface area contributed by atoms with E-state index < -0.39 is 11.8 Å². The van der Waals surface area contributed by atoms with Crippen molar-refractivity contribution in [2.75, 3.05) is 5.73 Å². The summed E-state index contributed by atoms with van der Waals surface area (Å²) in [5, 5.41) is 2.53. The van der Waals surface area contributed by atoms with Crippen LogP contribution in [0.2, 0.25) is 0 Å². The molecule has 0 unspecified atom stereocenters. The van der Waals surface area contributed by atoms with Gasteiger partial charge in [0.25, 0.3) is 0 Å². The summed E-state index contributed by atoms with van der Waals surface area (Å²) in [6, 6.07) is 2.74. The lowest BCUT2D eigenvalue weighted by molar-refractivity contribution is 0.0466. The summed E-state index contributed by atoms with van der Waals surface area (Å²) >= 11 is 1.39. The molecule has 0 amide bonds. The Kier molecular flexibility index (Phi) is 3.80. The van der Waals surface area contributed by atoms with E-state index in [0.717, 1.165) is 5.69 Å². The van der Waals surface area contributed by atoms with Crippen LogP contribution in [0.25, 0.3) is 0 Å². The number of rotatable bonds is 3. The Hall–Kier alpha value is -1.95. The Labute approximate surface area is 114 Å². The summed E-state index contributed by atoms with van der Waals surface area (Å²) in [7, 11) is 0. The molecular formula is C13H13FN2O2S. The van der Waals surface area contributed by atoms with Crippen LogP contribution in [-0.2, 0) is 11.3 Å². The average molecular weight is 280 g/mol. The maximum atomic E-state index is 13.8. The molecule has 2 aromatic rings. The third-order valence-electron chi connectivity index (χ3n) is 2.49. The van der Waals surface area contributed by atoms with Crippen LogP contribution in [0, 0.1) is 19.7 Å². The van der Waals surface area contributed by atoms with Crippen LogP contribution >= 0.6 is 11.3 Å². The van der Waals surface area contributed by atoms with Crippen LogP contribution in [0.15, 0.2) is 17.5 Å². The van der Waals surface area contributed by atoms with Crippen LogP contribution in [0.5, 0.6) is 0 Å². The first kappa shape index (κ1) is 13.5.